The van der Waals surface area contributed by atoms with E-state index in [0.717, 1.165) is 32.8 Å². The van der Waals surface area contributed by atoms with Crippen molar-refractivity contribution in [3.8, 4) is 10.6 Å². The third kappa shape index (κ3) is 5.36. The summed E-state index contributed by atoms with van der Waals surface area (Å²) in [6.07, 6.45) is 4.94. The first-order valence-corrected chi connectivity index (χ1v) is 11.9. The summed E-state index contributed by atoms with van der Waals surface area (Å²) in [6, 6.07) is 6.08. The zero-order valence-electron chi connectivity index (χ0n) is 18.1. The van der Waals surface area contributed by atoms with Gasteiger partial charge in [-0.2, -0.15) is 0 Å². The van der Waals surface area contributed by atoms with Gasteiger partial charge in [-0.1, -0.05) is 12.1 Å². The number of carbonyl (C=O) groups excluding carboxylic acids is 2. The lowest BCUT2D eigenvalue weighted by Gasteiger charge is -2.16. The molecule has 0 radical (unpaired) electrons. The molecule has 3 aromatic rings. The second-order valence-electron chi connectivity index (χ2n) is 8.07. The van der Waals surface area contributed by atoms with E-state index in [-0.39, 0.29) is 18.3 Å². The van der Waals surface area contributed by atoms with Gasteiger partial charge in [0.25, 0.3) is 5.91 Å². The average Bonchev–Trinajstić information content (AvgIpc) is 3.32. The van der Waals surface area contributed by atoms with Crippen LogP contribution in [0, 0.1) is 5.82 Å². The highest BCUT2D eigenvalue weighted by atomic mass is 79.9. The number of thiazole rings is 1. The average molecular weight is 533 g/mol. The highest BCUT2D eigenvalue weighted by Crippen LogP contribution is 2.31. The Bertz CT molecular complexity index is 1180. The quantitative estimate of drug-likeness (QED) is 0.425. The molecule has 4 rings (SSSR count). The van der Waals surface area contributed by atoms with Gasteiger partial charge in [-0.05, 0) is 53.9 Å². The summed E-state index contributed by atoms with van der Waals surface area (Å²) in [4.78, 5) is 39.7. The molecule has 11 heteroatoms. The summed E-state index contributed by atoms with van der Waals surface area (Å²) in [6.45, 7) is 3.88. The molecule has 0 atom stereocenters. The lowest BCUT2D eigenvalue weighted by Crippen LogP contribution is -2.40. The van der Waals surface area contributed by atoms with Gasteiger partial charge in [0.05, 0.1) is 14.4 Å². The molecular weight excluding hydrogens is 511 g/mol. The van der Waals surface area contributed by atoms with Crippen LogP contribution in [0.5, 0.6) is 0 Å². The van der Waals surface area contributed by atoms with Gasteiger partial charge in [0.15, 0.2) is 0 Å². The number of anilines is 1. The Morgan fingerprint density at radius 3 is 2.61 bits per heavy atom. The fourth-order valence-corrected chi connectivity index (χ4v) is 4.82. The number of halogens is 2. The lowest BCUT2D eigenvalue weighted by atomic mass is 10.1. The maximum Gasteiger partial charge on any atom is 0.325 e. The van der Waals surface area contributed by atoms with E-state index in [1.807, 2.05) is 0 Å². The number of aromatic nitrogens is 3. The molecule has 33 heavy (non-hydrogen) atoms. The Morgan fingerprint density at radius 2 is 1.91 bits per heavy atom. The molecule has 1 aliphatic heterocycles. The third-order valence-electron chi connectivity index (χ3n) is 5.13. The van der Waals surface area contributed by atoms with Gasteiger partial charge >= 0.3 is 6.03 Å². The van der Waals surface area contributed by atoms with Crippen molar-refractivity contribution < 1.29 is 14.0 Å². The van der Waals surface area contributed by atoms with Gasteiger partial charge in [0, 0.05) is 31.9 Å². The van der Waals surface area contributed by atoms with Gasteiger partial charge in [-0.25, -0.2) is 24.1 Å². The highest BCUT2D eigenvalue weighted by Gasteiger charge is 2.43. The van der Waals surface area contributed by atoms with Gasteiger partial charge in [0.2, 0.25) is 5.95 Å². The Kier molecular flexibility index (Phi) is 6.71. The van der Waals surface area contributed by atoms with Crippen molar-refractivity contribution in [1.29, 1.82) is 0 Å². The predicted molar refractivity (Wildman–Crippen MR) is 127 cm³/mol. The third-order valence-corrected chi connectivity index (χ3v) is 6.78. The minimum absolute atomic E-state index is 0.205. The number of carbonyl (C=O) groups is 2. The van der Waals surface area contributed by atoms with Crippen LogP contribution in [0.1, 0.15) is 24.4 Å². The molecule has 0 spiro atoms. The highest BCUT2D eigenvalue weighted by molar-refractivity contribution is 9.10. The van der Waals surface area contributed by atoms with Crippen LogP contribution in [0.4, 0.5) is 15.1 Å². The Labute approximate surface area is 202 Å². The van der Waals surface area contributed by atoms with Crippen molar-refractivity contribution in [3.63, 3.8) is 0 Å². The minimum Gasteiger partial charge on any atom is -0.352 e. The molecule has 3 heterocycles. The summed E-state index contributed by atoms with van der Waals surface area (Å²) in [7, 11) is 0. The molecule has 0 bridgehead atoms. The largest absolute Gasteiger partial charge is 0.352 e. The molecule has 1 saturated heterocycles. The van der Waals surface area contributed by atoms with Crippen molar-refractivity contribution in [2.75, 3.05) is 18.4 Å². The first kappa shape index (κ1) is 23.2. The smallest absolute Gasteiger partial charge is 0.325 e. The number of rotatable bonds is 8. The molecule has 8 nitrogen and oxygen atoms in total. The molecule has 1 aromatic carbocycles. The van der Waals surface area contributed by atoms with Crippen LogP contribution in [-0.4, -0.2) is 50.4 Å². The summed E-state index contributed by atoms with van der Waals surface area (Å²) in [5.74, 6) is -0.113. The van der Waals surface area contributed by atoms with Crippen molar-refractivity contribution in [3.05, 3.63) is 57.5 Å². The fourth-order valence-electron chi connectivity index (χ4n) is 3.36. The monoisotopic (exact) mass is 532 g/mol. The van der Waals surface area contributed by atoms with E-state index in [9.17, 15) is 14.0 Å². The molecule has 1 fully saturated rings. The van der Waals surface area contributed by atoms with E-state index in [4.69, 9.17) is 0 Å². The SMILES string of the molecule is CC1(C)NC(=O)N(CCNc2ncc(Br)c(-c3cnc(CCc4ccc(F)cc4)s3)n2)C1=O. The number of hydrogen-bond donors (Lipinski definition) is 2. The number of benzene rings is 1. The van der Waals surface area contributed by atoms with Gasteiger partial charge in [-0.3, -0.25) is 9.69 Å². The molecule has 2 aromatic heterocycles. The van der Waals surface area contributed by atoms with Crippen molar-refractivity contribution in [2.45, 2.75) is 32.2 Å². The summed E-state index contributed by atoms with van der Waals surface area (Å²) in [5, 5.41) is 6.68. The van der Waals surface area contributed by atoms with E-state index in [0.29, 0.717) is 18.2 Å². The van der Waals surface area contributed by atoms with Crippen LogP contribution in [-0.2, 0) is 17.6 Å². The van der Waals surface area contributed by atoms with Crippen molar-refractivity contribution >= 4 is 45.2 Å². The minimum atomic E-state index is -0.890. The van der Waals surface area contributed by atoms with Gasteiger partial charge < -0.3 is 10.6 Å². The number of aryl methyl sites for hydroxylation is 2. The van der Waals surface area contributed by atoms with E-state index in [1.165, 1.54) is 28.4 Å². The molecule has 0 unspecified atom stereocenters. The lowest BCUT2D eigenvalue weighted by molar-refractivity contribution is -0.130. The van der Waals surface area contributed by atoms with Crippen LogP contribution in [0.25, 0.3) is 10.6 Å². The van der Waals surface area contributed by atoms with Crippen LogP contribution < -0.4 is 10.6 Å². The number of imide groups is 1. The Hall–Kier alpha value is -2.92. The van der Waals surface area contributed by atoms with E-state index >= 15 is 0 Å². The number of nitrogens with zero attached hydrogens (tertiary/aromatic N) is 4. The maximum atomic E-state index is 13.1. The molecular formula is C22H22BrFN6O2S. The molecule has 3 amide bonds. The molecule has 2 N–H and O–H groups in total. The predicted octanol–water partition coefficient (Wildman–Crippen LogP) is 4.03. The maximum absolute atomic E-state index is 13.1. The van der Waals surface area contributed by atoms with E-state index in [1.54, 1.807) is 38.4 Å². The van der Waals surface area contributed by atoms with E-state index in [2.05, 4.69) is 41.5 Å². The normalized spacial score (nSPS) is 15.1. The van der Waals surface area contributed by atoms with Crippen LogP contribution in [0.15, 0.2) is 41.1 Å². The number of amides is 3. The molecule has 0 aliphatic carbocycles. The Balaban J connectivity index is 1.38. The second-order valence-corrected chi connectivity index (χ2v) is 10.0. The molecule has 0 saturated carbocycles. The number of nitrogens with one attached hydrogen (secondary N) is 2. The molecule has 1 aliphatic rings. The van der Waals surface area contributed by atoms with Crippen molar-refractivity contribution in [1.82, 2.24) is 25.2 Å². The Morgan fingerprint density at radius 1 is 1.15 bits per heavy atom. The van der Waals surface area contributed by atoms with E-state index < -0.39 is 11.6 Å². The fraction of sp³-hybridized carbons (Fsp3) is 0.318. The number of hydrogen-bond acceptors (Lipinski definition) is 7. The first-order chi connectivity index (χ1) is 15.7. The summed E-state index contributed by atoms with van der Waals surface area (Å²) < 4.78 is 13.8. The second kappa shape index (κ2) is 9.52. The zero-order valence-corrected chi connectivity index (χ0v) is 20.5. The van der Waals surface area contributed by atoms with Crippen LogP contribution in [0.2, 0.25) is 0 Å². The summed E-state index contributed by atoms with van der Waals surface area (Å²) >= 11 is 5.03. The van der Waals surface area contributed by atoms with Gasteiger partial charge in [-0.15, -0.1) is 11.3 Å². The van der Waals surface area contributed by atoms with Crippen molar-refractivity contribution in [2.24, 2.45) is 0 Å². The molecule has 172 valence electrons. The summed E-state index contributed by atoms with van der Waals surface area (Å²) in [5.41, 5.74) is 0.865. The number of urea groups is 1. The topological polar surface area (TPSA) is 100 Å². The van der Waals surface area contributed by atoms with Gasteiger partial charge in [0.1, 0.15) is 17.1 Å². The van der Waals surface area contributed by atoms with Crippen LogP contribution >= 0.6 is 27.3 Å². The van der Waals surface area contributed by atoms with Crippen LogP contribution in [0.3, 0.4) is 0 Å². The zero-order chi connectivity index (χ0) is 23.6. The standard InChI is InChI=1S/C22H22BrFN6O2S/c1-22(2)19(31)30(21(32)29-22)10-9-25-20-27-11-15(23)18(28-20)16-12-26-17(33-16)8-5-13-3-6-14(24)7-4-13/h3-4,6-7,11-12H,5,8-10H2,1-2H3,(H,29,32)(H,25,27,28). The first-order valence-electron chi connectivity index (χ1n) is 10.3.